The zero-order chi connectivity index (χ0) is 11.3. The van der Waals surface area contributed by atoms with Crippen LogP contribution in [0.15, 0.2) is 16.6 Å². The lowest BCUT2D eigenvalue weighted by atomic mass is 10.0. The minimum Gasteiger partial charge on any atom is -0.480 e. The van der Waals surface area contributed by atoms with Gasteiger partial charge < -0.3 is 5.11 Å². The fourth-order valence-corrected chi connectivity index (χ4v) is 1.63. The summed E-state index contributed by atoms with van der Waals surface area (Å²) >= 11 is 1.44. The van der Waals surface area contributed by atoms with Gasteiger partial charge in [0.25, 0.3) is 0 Å². The summed E-state index contributed by atoms with van der Waals surface area (Å²) in [4.78, 5) is 18.9. The molecule has 1 unspecified atom stereocenters. The predicted molar refractivity (Wildman–Crippen MR) is 60.6 cm³/mol. The molecular weight excluding hydrogens is 212 g/mol. The van der Waals surface area contributed by atoms with Crippen LogP contribution in [0.5, 0.6) is 0 Å². The van der Waals surface area contributed by atoms with Gasteiger partial charge in [0, 0.05) is 11.6 Å². The van der Waals surface area contributed by atoms with Crippen LogP contribution in [-0.4, -0.2) is 28.3 Å². The number of nitrogens with zero attached hydrogens (tertiary/aromatic N) is 2. The minimum atomic E-state index is -0.878. The number of carboxylic acid groups (broad SMARTS) is 1. The van der Waals surface area contributed by atoms with Crippen LogP contribution in [0.4, 0.5) is 0 Å². The van der Waals surface area contributed by atoms with Gasteiger partial charge >= 0.3 is 5.97 Å². The molecule has 5 heteroatoms. The Kier molecular flexibility index (Phi) is 4.42. The lowest BCUT2D eigenvalue weighted by Crippen LogP contribution is -2.20. The zero-order valence-corrected chi connectivity index (χ0v) is 9.57. The van der Waals surface area contributed by atoms with Crippen molar-refractivity contribution in [2.45, 2.75) is 26.3 Å². The Bertz CT molecular complexity index is 333. The van der Waals surface area contributed by atoms with Crippen LogP contribution in [-0.2, 0) is 4.79 Å². The smallest absolute Gasteiger partial charge is 0.328 e. The second-order valence-electron chi connectivity index (χ2n) is 3.63. The first-order valence-corrected chi connectivity index (χ1v) is 5.63. The maximum Gasteiger partial charge on any atom is 0.328 e. The first-order valence-electron chi connectivity index (χ1n) is 4.75. The van der Waals surface area contributed by atoms with Crippen molar-refractivity contribution in [1.82, 2.24) is 4.98 Å². The molecular formula is C10H14N2O2S. The highest BCUT2D eigenvalue weighted by molar-refractivity contribution is 7.11. The number of hydrogen-bond donors (Lipinski definition) is 1. The van der Waals surface area contributed by atoms with Gasteiger partial charge in [-0.1, -0.05) is 13.8 Å². The monoisotopic (exact) mass is 226 g/mol. The van der Waals surface area contributed by atoms with E-state index in [9.17, 15) is 4.79 Å². The van der Waals surface area contributed by atoms with Crippen LogP contribution in [0.25, 0.3) is 0 Å². The molecule has 0 amide bonds. The first kappa shape index (κ1) is 11.8. The SMILES string of the molecule is CC(C)CC(N=Cc1nccs1)C(=O)O. The van der Waals surface area contributed by atoms with Gasteiger partial charge in [0.05, 0.1) is 6.21 Å². The molecule has 0 aliphatic heterocycles. The van der Waals surface area contributed by atoms with Gasteiger partial charge in [-0.25, -0.2) is 9.78 Å². The number of rotatable bonds is 5. The van der Waals surface area contributed by atoms with Crippen molar-refractivity contribution in [2.24, 2.45) is 10.9 Å². The molecule has 15 heavy (non-hydrogen) atoms. The summed E-state index contributed by atoms with van der Waals surface area (Å²) in [5.41, 5.74) is 0. The van der Waals surface area contributed by atoms with Gasteiger partial charge in [-0.2, -0.15) is 0 Å². The Morgan fingerprint density at radius 3 is 2.93 bits per heavy atom. The third-order valence-corrected chi connectivity index (χ3v) is 2.51. The molecule has 0 bridgehead atoms. The van der Waals surface area contributed by atoms with Gasteiger partial charge in [0.1, 0.15) is 11.0 Å². The lowest BCUT2D eigenvalue weighted by molar-refractivity contribution is -0.138. The Hall–Kier alpha value is -1.23. The van der Waals surface area contributed by atoms with Crippen LogP contribution in [0.3, 0.4) is 0 Å². The average molecular weight is 226 g/mol. The van der Waals surface area contributed by atoms with Gasteiger partial charge in [0.2, 0.25) is 0 Å². The Morgan fingerprint density at radius 2 is 2.47 bits per heavy atom. The molecule has 1 aromatic rings. The molecule has 1 rings (SSSR count). The highest BCUT2D eigenvalue weighted by Crippen LogP contribution is 2.09. The number of aromatic nitrogens is 1. The van der Waals surface area contributed by atoms with Crippen LogP contribution >= 0.6 is 11.3 Å². The Labute approximate surface area is 92.7 Å². The summed E-state index contributed by atoms with van der Waals surface area (Å²) < 4.78 is 0. The fraction of sp³-hybridized carbons (Fsp3) is 0.500. The highest BCUT2D eigenvalue weighted by Gasteiger charge is 2.16. The molecule has 1 aromatic heterocycles. The second-order valence-corrected chi connectivity index (χ2v) is 4.56. The number of hydrogen-bond acceptors (Lipinski definition) is 4. The summed E-state index contributed by atoms with van der Waals surface area (Å²) in [6.07, 6.45) is 3.76. The van der Waals surface area contributed by atoms with Crippen molar-refractivity contribution >= 4 is 23.5 Å². The van der Waals surface area contributed by atoms with E-state index in [1.54, 1.807) is 6.20 Å². The predicted octanol–water partition coefficient (Wildman–Crippen LogP) is 2.06. The van der Waals surface area contributed by atoms with Crippen LogP contribution < -0.4 is 0 Å². The van der Waals surface area contributed by atoms with Crippen LogP contribution in [0.2, 0.25) is 0 Å². The van der Waals surface area contributed by atoms with Crippen molar-refractivity contribution < 1.29 is 9.90 Å². The summed E-state index contributed by atoms with van der Waals surface area (Å²) in [5.74, 6) is -0.559. The number of aliphatic carboxylic acids is 1. The minimum absolute atomic E-state index is 0.319. The highest BCUT2D eigenvalue weighted by atomic mass is 32.1. The lowest BCUT2D eigenvalue weighted by Gasteiger charge is -2.09. The molecule has 0 aliphatic rings. The maximum absolute atomic E-state index is 10.9. The third-order valence-electron chi connectivity index (χ3n) is 1.80. The van der Waals surface area contributed by atoms with Gasteiger partial charge in [-0.05, 0) is 12.3 Å². The normalized spacial score (nSPS) is 13.5. The van der Waals surface area contributed by atoms with Crippen molar-refractivity contribution in [3.8, 4) is 0 Å². The van der Waals surface area contributed by atoms with E-state index in [4.69, 9.17) is 5.11 Å². The van der Waals surface area contributed by atoms with E-state index in [0.29, 0.717) is 12.3 Å². The van der Waals surface area contributed by atoms with Gasteiger partial charge in [-0.3, -0.25) is 4.99 Å². The van der Waals surface area contributed by atoms with E-state index in [1.807, 2.05) is 19.2 Å². The number of thiazole rings is 1. The second kappa shape index (κ2) is 5.60. The molecule has 0 saturated carbocycles. The standard InChI is InChI=1S/C10H14N2O2S/c1-7(2)5-8(10(13)14)12-6-9-11-3-4-15-9/h3-4,6-8H,5H2,1-2H3,(H,13,14). The van der Waals surface area contributed by atoms with Crippen molar-refractivity contribution in [2.75, 3.05) is 0 Å². The molecule has 0 radical (unpaired) electrons. The molecule has 4 nitrogen and oxygen atoms in total. The fourth-order valence-electron chi connectivity index (χ4n) is 1.12. The van der Waals surface area contributed by atoms with Crippen molar-refractivity contribution in [3.05, 3.63) is 16.6 Å². The molecule has 0 fully saturated rings. The molecule has 82 valence electrons. The number of carbonyl (C=O) groups is 1. The van der Waals surface area contributed by atoms with Gasteiger partial charge in [-0.15, -0.1) is 11.3 Å². The Morgan fingerprint density at radius 1 is 1.73 bits per heavy atom. The van der Waals surface area contributed by atoms with Crippen LogP contribution in [0, 0.1) is 5.92 Å². The molecule has 1 N–H and O–H groups in total. The van der Waals surface area contributed by atoms with Gasteiger partial charge in [0.15, 0.2) is 0 Å². The summed E-state index contributed by atoms with van der Waals surface area (Å²) in [5, 5.41) is 11.5. The molecule has 1 heterocycles. The summed E-state index contributed by atoms with van der Waals surface area (Å²) in [6.45, 7) is 3.96. The van der Waals surface area contributed by atoms with Crippen molar-refractivity contribution in [1.29, 1.82) is 0 Å². The summed E-state index contributed by atoms with van der Waals surface area (Å²) in [7, 11) is 0. The van der Waals surface area contributed by atoms with E-state index in [2.05, 4.69) is 9.98 Å². The van der Waals surface area contributed by atoms with E-state index in [1.165, 1.54) is 17.6 Å². The van der Waals surface area contributed by atoms with Crippen LogP contribution in [0.1, 0.15) is 25.3 Å². The number of carboxylic acids is 1. The number of aliphatic imine (C=N–C) groups is 1. The third kappa shape index (κ3) is 4.20. The molecule has 0 aliphatic carbocycles. The summed E-state index contributed by atoms with van der Waals surface area (Å²) in [6, 6.07) is -0.658. The zero-order valence-electron chi connectivity index (χ0n) is 8.75. The first-order chi connectivity index (χ1) is 7.09. The molecule has 0 saturated heterocycles. The average Bonchev–Trinajstić information content (AvgIpc) is 2.63. The van der Waals surface area contributed by atoms with E-state index in [0.717, 1.165) is 5.01 Å². The molecule has 0 aromatic carbocycles. The largest absolute Gasteiger partial charge is 0.480 e. The van der Waals surface area contributed by atoms with E-state index in [-0.39, 0.29) is 0 Å². The topological polar surface area (TPSA) is 62.5 Å². The molecule has 1 atom stereocenters. The van der Waals surface area contributed by atoms with E-state index < -0.39 is 12.0 Å². The quantitative estimate of drug-likeness (QED) is 0.782. The Balaban J connectivity index is 2.62. The van der Waals surface area contributed by atoms with E-state index >= 15 is 0 Å². The molecule has 0 spiro atoms. The van der Waals surface area contributed by atoms with Crippen molar-refractivity contribution in [3.63, 3.8) is 0 Å². The maximum atomic E-state index is 10.9.